The summed E-state index contributed by atoms with van der Waals surface area (Å²) in [5.74, 6) is 0.927. The van der Waals surface area contributed by atoms with Gasteiger partial charge in [-0.15, -0.1) is 11.3 Å². The fraction of sp³-hybridized carbons (Fsp3) is 0.375. The summed E-state index contributed by atoms with van der Waals surface area (Å²) in [6.45, 7) is 3.38. The molecule has 2 amide bonds. The van der Waals surface area contributed by atoms with E-state index in [0.29, 0.717) is 6.54 Å². The number of nitrogens with one attached hydrogen (secondary N) is 2. The summed E-state index contributed by atoms with van der Waals surface area (Å²) in [6.07, 6.45) is 4.63. The molecule has 22 heavy (non-hydrogen) atoms. The Morgan fingerprint density at radius 1 is 1.45 bits per heavy atom. The number of aryl methyl sites for hydroxylation is 2. The van der Waals surface area contributed by atoms with E-state index in [1.807, 2.05) is 31.3 Å². The number of fused-ring (bicyclic) bond motifs is 1. The van der Waals surface area contributed by atoms with Crippen LogP contribution < -0.4 is 15.4 Å². The van der Waals surface area contributed by atoms with Gasteiger partial charge in [0.2, 0.25) is 0 Å². The molecule has 0 saturated carbocycles. The molecule has 0 aliphatic carbocycles. The number of carbonyl (C=O) groups excluding carboxylic acids is 1. The molecule has 1 aliphatic heterocycles. The Hall–Kier alpha value is -2.08. The minimum Gasteiger partial charge on any atom is -0.493 e. The highest BCUT2D eigenvalue weighted by Crippen LogP contribution is 2.27. The Kier molecular flexibility index (Phi) is 4.58. The van der Waals surface area contributed by atoms with Gasteiger partial charge in [-0.2, -0.15) is 0 Å². The normalized spacial score (nSPS) is 13.1. The SMILES string of the molecule is Cc1cnc(CCNC(=O)Nc2ccc3c(c2)CCCO3)s1. The zero-order valence-electron chi connectivity index (χ0n) is 12.5. The van der Waals surface area contributed by atoms with E-state index in [2.05, 4.69) is 15.6 Å². The van der Waals surface area contributed by atoms with Gasteiger partial charge in [-0.3, -0.25) is 0 Å². The first kappa shape index (κ1) is 14.8. The lowest BCUT2D eigenvalue weighted by atomic mass is 10.1. The van der Waals surface area contributed by atoms with Crippen LogP contribution in [0.5, 0.6) is 5.75 Å². The molecular formula is C16H19N3O2S. The predicted molar refractivity (Wildman–Crippen MR) is 87.8 cm³/mol. The lowest BCUT2D eigenvalue weighted by Gasteiger charge is -2.18. The van der Waals surface area contributed by atoms with Crippen LogP contribution in [0.4, 0.5) is 10.5 Å². The molecule has 6 heteroatoms. The van der Waals surface area contributed by atoms with Crippen LogP contribution in [0, 0.1) is 6.92 Å². The van der Waals surface area contributed by atoms with Crippen molar-refractivity contribution < 1.29 is 9.53 Å². The molecule has 1 aliphatic rings. The van der Waals surface area contributed by atoms with Crippen molar-refractivity contribution in [2.75, 3.05) is 18.5 Å². The van der Waals surface area contributed by atoms with Crippen LogP contribution >= 0.6 is 11.3 Å². The Labute approximate surface area is 133 Å². The molecule has 0 saturated heterocycles. The minimum absolute atomic E-state index is 0.190. The van der Waals surface area contributed by atoms with Crippen LogP contribution in [0.25, 0.3) is 0 Å². The first-order chi connectivity index (χ1) is 10.7. The van der Waals surface area contributed by atoms with Crippen molar-refractivity contribution in [3.05, 3.63) is 39.8 Å². The average molecular weight is 317 g/mol. The Bertz CT molecular complexity index is 669. The first-order valence-electron chi connectivity index (χ1n) is 7.42. The minimum atomic E-state index is -0.190. The molecule has 0 atom stereocenters. The number of hydrogen-bond acceptors (Lipinski definition) is 4. The van der Waals surface area contributed by atoms with Crippen molar-refractivity contribution in [3.8, 4) is 5.75 Å². The van der Waals surface area contributed by atoms with Gasteiger partial charge < -0.3 is 15.4 Å². The van der Waals surface area contributed by atoms with Crippen LogP contribution in [0.1, 0.15) is 21.9 Å². The molecule has 0 unspecified atom stereocenters. The Balaban J connectivity index is 1.49. The summed E-state index contributed by atoms with van der Waals surface area (Å²) in [5.41, 5.74) is 1.95. The molecular weight excluding hydrogens is 298 g/mol. The lowest BCUT2D eigenvalue weighted by Crippen LogP contribution is -2.30. The number of hydrogen-bond donors (Lipinski definition) is 2. The second kappa shape index (κ2) is 6.79. The molecule has 1 aromatic heterocycles. The third-order valence-electron chi connectivity index (χ3n) is 3.46. The molecule has 0 spiro atoms. The summed E-state index contributed by atoms with van der Waals surface area (Å²) >= 11 is 1.66. The maximum Gasteiger partial charge on any atom is 0.319 e. The van der Waals surface area contributed by atoms with Crippen molar-refractivity contribution in [1.82, 2.24) is 10.3 Å². The van der Waals surface area contributed by atoms with Crippen LogP contribution in [0.15, 0.2) is 24.4 Å². The van der Waals surface area contributed by atoms with Crippen molar-refractivity contribution in [2.24, 2.45) is 0 Å². The standard InChI is InChI=1S/C16H19N3O2S/c1-11-10-18-15(22-11)6-7-17-16(20)19-13-4-5-14-12(9-13)3-2-8-21-14/h4-5,9-10H,2-3,6-8H2,1H3,(H2,17,19,20). The number of thiazole rings is 1. The molecule has 0 bridgehead atoms. The second-order valence-electron chi connectivity index (χ2n) is 5.27. The maximum absolute atomic E-state index is 11.9. The maximum atomic E-state index is 11.9. The lowest BCUT2D eigenvalue weighted by molar-refractivity contribution is 0.252. The van der Waals surface area contributed by atoms with Crippen LogP contribution in [-0.2, 0) is 12.8 Å². The monoisotopic (exact) mass is 317 g/mol. The largest absolute Gasteiger partial charge is 0.493 e. The van der Waals surface area contributed by atoms with Gasteiger partial charge in [0, 0.05) is 29.7 Å². The van der Waals surface area contributed by atoms with E-state index >= 15 is 0 Å². The number of carbonyl (C=O) groups is 1. The Morgan fingerprint density at radius 2 is 2.36 bits per heavy atom. The highest BCUT2D eigenvalue weighted by molar-refractivity contribution is 7.11. The van der Waals surface area contributed by atoms with Crippen molar-refractivity contribution >= 4 is 23.1 Å². The van der Waals surface area contributed by atoms with Gasteiger partial charge in [0.1, 0.15) is 5.75 Å². The highest BCUT2D eigenvalue weighted by atomic mass is 32.1. The summed E-state index contributed by atoms with van der Waals surface area (Å²) in [6, 6.07) is 5.58. The van der Waals surface area contributed by atoms with E-state index in [1.165, 1.54) is 4.88 Å². The number of rotatable bonds is 4. The van der Waals surface area contributed by atoms with E-state index in [1.54, 1.807) is 11.3 Å². The molecule has 5 nitrogen and oxygen atoms in total. The van der Waals surface area contributed by atoms with Gasteiger partial charge in [0.25, 0.3) is 0 Å². The summed E-state index contributed by atoms with van der Waals surface area (Å²) in [5, 5.41) is 6.76. The molecule has 1 aromatic carbocycles. The fourth-order valence-corrected chi connectivity index (χ4v) is 3.20. The zero-order chi connectivity index (χ0) is 15.4. The van der Waals surface area contributed by atoms with Gasteiger partial charge in [-0.1, -0.05) is 0 Å². The van der Waals surface area contributed by atoms with Crippen molar-refractivity contribution in [3.63, 3.8) is 0 Å². The molecule has 3 rings (SSSR count). The number of anilines is 1. The molecule has 2 aromatic rings. The van der Waals surface area contributed by atoms with E-state index in [-0.39, 0.29) is 6.03 Å². The number of aromatic nitrogens is 1. The number of urea groups is 1. The van der Waals surface area contributed by atoms with Gasteiger partial charge in [0.15, 0.2) is 0 Å². The van der Waals surface area contributed by atoms with Crippen LogP contribution in [-0.4, -0.2) is 24.2 Å². The summed E-state index contributed by atoms with van der Waals surface area (Å²) < 4.78 is 5.57. The third-order valence-corrected chi connectivity index (χ3v) is 4.43. The smallest absolute Gasteiger partial charge is 0.319 e. The van der Waals surface area contributed by atoms with Crippen molar-refractivity contribution in [1.29, 1.82) is 0 Å². The van der Waals surface area contributed by atoms with E-state index in [4.69, 9.17) is 4.74 Å². The number of ether oxygens (including phenoxy) is 1. The van der Waals surface area contributed by atoms with E-state index in [0.717, 1.165) is 47.9 Å². The second-order valence-corrected chi connectivity index (χ2v) is 6.59. The van der Waals surface area contributed by atoms with Crippen LogP contribution in [0.3, 0.4) is 0 Å². The van der Waals surface area contributed by atoms with Gasteiger partial charge in [-0.05, 0) is 43.5 Å². The van der Waals surface area contributed by atoms with Gasteiger partial charge in [0.05, 0.1) is 11.6 Å². The topological polar surface area (TPSA) is 63.2 Å². The highest BCUT2D eigenvalue weighted by Gasteiger charge is 2.11. The van der Waals surface area contributed by atoms with Gasteiger partial charge in [-0.25, -0.2) is 9.78 Å². The van der Waals surface area contributed by atoms with Crippen molar-refractivity contribution in [2.45, 2.75) is 26.2 Å². The zero-order valence-corrected chi connectivity index (χ0v) is 13.3. The molecule has 2 heterocycles. The third kappa shape index (κ3) is 3.76. The first-order valence-corrected chi connectivity index (χ1v) is 8.24. The van der Waals surface area contributed by atoms with E-state index < -0.39 is 0 Å². The molecule has 116 valence electrons. The van der Waals surface area contributed by atoms with Gasteiger partial charge >= 0.3 is 6.03 Å². The molecule has 0 radical (unpaired) electrons. The fourth-order valence-electron chi connectivity index (χ4n) is 2.41. The number of amides is 2. The van der Waals surface area contributed by atoms with Crippen LogP contribution in [0.2, 0.25) is 0 Å². The number of benzene rings is 1. The predicted octanol–water partition coefficient (Wildman–Crippen LogP) is 3.14. The Morgan fingerprint density at radius 3 is 3.18 bits per heavy atom. The number of nitrogens with zero attached hydrogens (tertiary/aromatic N) is 1. The van der Waals surface area contributed by atoms with E-state index in [9.17, 15) is 4.79 Å². The summed E-state index contributed by atoms with van der Waals surface area (Å²) in [7, 11) is 0. The molecule has 0 fully saturated rings. The molecule has 2 N–H and O–H groups in total. The quantitative estimate of drug-likeness (QED) is 0.910. The average Bonchev–Trinajstić information content (AvgIpc) is 2.92. The summed E-state index contributed by atoms with van der Waals surface area (Å²) in [4.78, 5) is 17.4.